The Balaban J connectivity index is 2.69. The highest BCUT2D eigenvalue weighted by atomic mass is 16.3. The Morgan fingerprint density at radius 2 is 2.73 bits per heavy atom. The van der Waals surface area contributed by atoms with Gasteiger partial charge in [-0.05, 0) is 0 Å². The van der Waals surface area contributed by atoms with E-state index < -0.39 is 17.8 Å². The van der Waals surface area contributed by atoms with Gasteiger partial charge in [0.15, 0.2) is 5.81 Å². The third kappa shape index (κ3) is 1.32. The zero-order valence-electron chi connectivity index (χ0n) is 6.69. The molecule has 2 radical (unpaired) electrons. The molecule has 0 aromatic heterocycles. The zero-order valence-corrected chi connectivity index (χ0v) is 5.69. The van der Waals surface area contributed by atoms with Crippen LogP contribution < -0.4 is 0 Å². The number of carbonyl (C=O) groups excluding carboxylic acids is 2. The maximum Gasteiger partial charge on any atom is 0.252 e. The highest BCUT2D eigenvalue weighted by molar-refractivity contribution is 6.58. The van der Waals surface area contributed by atoms with Crippen molar-refractivity contribution in [2.24, 2.45) is 0 Å². The zero-order chi connectivity index (χ0) is 9.14. The summed E-state index contributed by atoms with van der Waals surface area (Å²) < 4.78 is 6.44. The molecule has 1 N–H and O–H groups in total. The molecule has 1 aliphatic rings. The molecular weight excluding hydrogens is 145 g/mol. The van der Waals surface area contributed by atoms with Crippen LogP contribution in [0.2, 0.25) is 0 Å². The van der Waals surface area contributed by atoms with Crippen molar-refractivity contribution in [3.05, 3.63) is 12.2 Å². The molecule has 56 valence electrons. The quantitative estimate of drug-likeness (QED) is 0.519. The molecule has 1 atom stereocenters. The fourth-order valence-corrected chi connectivity index (χ4v) is 0.925. The van der Waals surface area contributed by atoms with Gasteiger partial charge in [0.25, 0.3) is 5.91 Å². The van der Waals surface area contributed by atoms with Crippen LogP contribution in [-0.4, -0.2) is 43.6 Å². The molecule has 1 rings (SSSR count). The molecule has 0 saturated heterocycles. The Bertz CT molecular complexity index is 243. The van der Waals surface area contributed by atoms with Crippen molar-refractivity contribution in [1.29, 1.82) is 1.43 Å². The normalized spacial score (nSPS) is 24.0. The first kappa shape index (κ1) is 6.60. The molecule has 0 unspecified atom stereocenters. The molecule has 0 aromatic rings. The largest absolute Gasteiger partial charge is 0.394 e. The summed E-state index contributed by atoms with van der Waals surface area (Å²) in [5.74, 6) is -1.29. The number of aliphatic hydroxyl groups is 1. The van der Waals surface area contributed by atoms with Gasteiger partial charge in [0, 0.05) is 6.08 Å². The summed E-state index contributed by atoms with van der Waals surface area (Å²) in [6.07, 6.45) is 2.70. The molecular formula is C6H6BNO3. The highest BCUT2D eigenvalue weighted by Crippen LogP contribution is 2.09. The van der Waals surface area contributed by atoms with E-state index in [1.807, 2.05) is 0 Å². The first-order chi connectivity index (χ1) is 5.66. The number of nitrogens with zero attached hydrogens (tertiary/aromatic N) is 1. The lowest BCUT2D eigenvalue weighted by atomic mass is 10.1. The second-order valence-electron chi connectivity index (χ2n) is 2.14. The Hall–Kier alpha value is -1.10. The van der Waals surface area contributed by atoms with Crippen LogP contribution in [0.15, 0.2) is 12.2 Å². The molecule has 0 fully saturated rings. The van der Waals surface area contributed by atoms with Crippen LogP contribution in [0.1, 0.15) is 0 Å². The van der Waals surface area contributed by atoms with Crippen LogP contribution in [-0.2, 0) is 4.79 Å². The molecule has 0 bridgehead atoms. The first-order valence-electron chi connectivity index (χ1n) is 3.46. The summed E-state index contributed by atoms with van der Waals surface area (Å²) in [7, 11) is 4.92. The summed E-state index contributed by atoms with van der Waals surface area (Å²) in [5.41, 5.74) is 0. The van der Waals surface area contributed by atoms with Gasteiger partial charge < -0.3 is 5.11 Å². The van der Waals surface area contributed by atoms with E-state index in [1.165, 1.54) is 12.2 Å². The van der Waals surface area contributed by atoms with Gasteiger partial charge >= 0.3 is 0 Å². The molecule has 0 saturated carbocycles. The van der Waals surface area contributed by atoms with Crippen molar-refractivity contribution < 1.29 is 14.7 Å². The standard InChI is InChI=1S/C6H6BNO3/c7-6(11)8-4(3-9)1-2-5(8)10/h1-2,4,9H,3H2/t4-/m0/s1/i9T. The minimum atomic E-state index is -0.827. The van der Waals surface area contributed by atoms with E-state index in [0.29, 0.717) is 0 Å². The van der Waals surface area contributed by atoms with Crippen LogP contribution in [0.25, 0.3) is 0 Å². The summed E-state index contributed by atoms with van der Waals surface area (Å²) >= 11 is 0. The molecule has 11 heavy (non-hydrogen) atoms. The number of imide groups is 1. The number of amides is 2. The molecule has 1 heterocycles. The second kappa shape index (κ2) is 2.88. The Labute approximate surface area is 66.4 Å². The van der Waals surface area contributed by atoms with Crippen LogP contribution in [0.5, 0.6) is 0 Å². The molecule has 4 nitrogen and oxygen atoms in total. The Morgan fingerprint density at radius 3 is 3.27 bits per heavy atom. The maximum atomic E-state index is 10.9. The van der Waals surface area contributed by atoms with Gasteiger partial charge in [-0.15, -0.1) is 0 Å². The van der Waals surface area contributed by atoms with Crippen LogP contribution >= 0.6 is 0 Å². The fraction of sp³-hybridized carbons (Fsp3) is 0.333. The van der Waals surface area contributed by atoms with Crippen molar-refractivity contribution in [3.63, 3.8) is 0 Å². The average Bonchev–Trinajstić information content (AvgIpc) is 2.32. The number of rotatable bonds is 2. The molecule has 0 aliphatic carbocycles. The van der Waals surface area contributed by atoms with E-state index in [0.717, 1.165) is 4.90 Å². The number of carbonyl (C=O) groups is 2. The first-order valence-corrected chi connectivity index (χ1v) is 3.05. The van der Waals surface area contributed by atoms with Gasteiger partial charge in [-0.2, -0.15) is 0 Å². The number of aliphatic hydroxyl groups excluding tert-OH is 1. The van der Waals surface area contributed by atoms with Crippen LogP contribution in [0, 0.1) is 0 Å². The molecule has 1 aliphatic heterocycles. The van der Waals surface area contributed by atoms with Crippen LogP contribution in [0.3, 0.4) is 0 Å². The Morgan fingerprint density at radius 1 is 2.00 bits per heavy atom. The van der Waals surface area contributed by atoms with Crippen molar-refractivity contribution >= 4 is 19.6 Å². The minimum Gasteiger partial charge on any atom is -0.394 e. The minimum absolute atomic E-state index is 0.0504. The smallest absolute Gasteiger partial charge is 0.252 e. The summed E-state index contributed by atoms with van der Waals surface area (Å²) in [5, 5.41) is 4.05. The van der Waals surface area contributed by atoms with Gasteiger partial charge in [0.2, 0.25) is 9.28 Å². The van der Waals surface area contributed by atoms with E-state index in [9.17, 15) is 9.59 Å². The number of hydrogen-bond acceptors (Lipinski definition) is 3. The average molecular weight is 153 g/mol. The van der Waals surface area contributed by atoms with Crippen molar-refractivity contribution in [2.75, 3.05) is 6.61 Å². The highest BCUT2D eigenvalue weighted by Gasteiger charge is 2.27. The molecule has 0 aromatic carbocycles. The van der Waals surface area contributed by atoms with Gasteiger partial charge in [-0.25, -0.2) is 0 Å². The third-order valence-electron chi connectivity index (χ3n) is 1.44. The maximum absolute atomic E-state index is 10.9. The van der Waals surface area contributed by atoms with Crippen molar-refractivity contribution in [3.8, 4) is 0 Å². The monoisotopic (exact) mass is 153 g/mol. The lowest BCUT2D eigenvalue weighted by Gasteiger charge is -2.19. The van der Waals surface area contributed by atoms with E-state index in [1.54, 1.807) is 0 Å². The van der Waals surface area contributed by atoms with Gasteiger partial charge in [-0.3, -0.25) is 14.5 Å². The third-order valence-corrected chi connectivity index (χ3v) is 1.44. The lowest BCUT2D eigenvalue weighted by molar-refractivity contribution is -0.123. The molecule has 5 heteroatoms. The summed E-state index contributed by atoms with van der Waals surface area (Å²) in [6, 6.07) is -0.535. The molecule has 2 amide bonds. The van der Waals surface area contributed by atoms with Crippen molar-refractivity contribution in [2.45, 2.75) is 6.04 Å². The van der Waals surface area contributed by atoms with Gasteiger partial charge in [0.05, 0.1) is 12.6 Å². The predicted octanol–water partition coefficient (Wildman–Crippen LogP) is -0.966. The van der Waals surface area contributed by atoms with E-state index in [2.05, 4.69) is 5.11 Å². The van der Waals surface area contributed by atoms with E-state index in [-0.39, 0.29) is 6.61 Å². The van der Waals surface area contributed by atoms with Crippen molar-refractivity contribution in [1.82, 2.24) is 4.90 Å². The summed E-state index contributed by atoms with van der Waals surface area (Å²) in [6.45, 7) is -0.0504. The van der Waals surface area contributed by atoms with Crippen LogP contribution in [0.4, 0.5) is 4.79 Å². The fourth-order valence-electron chi connectivity index (χ4n) is 0.925. The topological polar surface area (TPSA) is 57.6 Å². The van der Waals surface area contributed by atoms with Gasteiger partial charge in [-0.1, -0.05) is 6.08 Å². The Kier molecular flexibility index (Phi) is 1.73. The molecule has 0 spiro atoms. The van der Waals surface area contributed by atoms with E-state index in [4.69, 9.17) is 9.28 Å². The SMILES string of the molecule is [3H]OC[C@@H]1C=CC(=O)N1C([B])=O. The summed E-state index contributed by atoms with van der Waals surface area (Å²) in [4.78, 5) is 22.4. The second-order valence-corrected chi connectivity index (χ2v) is 2.14. The van der Waals surface area contributed by atoms with Gasteiger partial charge in [0.1, 0.15) is 0 Å². The predicted molar refractivity (Wildman–Crippen MR) is 38.0 cm³/mol. The number of hydrogen-bond donors (Lipinski definition) is 1. The van der Waals surface area contributed by atoms with E-state index >= 15 is 0 Å². The lowest BCUT2D eigenvalue weighted by Crippen LogP contribution is -2.40.